The predicted molar refractivity (Wildman–Crippen MR) is 132 cm³/mol. The van der Waals surface area contributed by atoms with Gasteiger partial charge >= 0.3 is 0 Å². The minimum atomic E-state index is -0.0481. The molecule has 0 saturated carbocycles. The van der Waals surface area contributed by atoms with Gasteiger partial charge in [-0.15, -0.1) is 0 Å². The first-order valence-electron chi connectivity index (χ1n) is 11.3. The summed E-state index contributed by atoms with van der Waals surface area (Å²) >= 11 is 3.43. The Morgan fingerprint density at radius 3 is 2.74 bits per heavy atom. The number of hydrogen-bond acceptors (Lipinski definition) is 7. The third-order valence-electron chi connectivity index (χ3n) is 5.97. The van der Waals surface area contributed by atoms with Crippen molar-refractivity contribution in [2.75, 3.05) is 33.9 Å². The summed E-state index contributed by atoms with van der Waals surface area (Å²) in [6.07, 6.45) is 2.57. The van der Waals surface area contributed by atoms with E-state index in [1.54, 1.807) is 14.2 Å². The van der Waals surface area contributed by atoms with E-state index in [4.69, 9.17) is 14.0 Å². The van der Waals surface area contributed by atoms with Crippen molar-refractivity contribution < 1.29 is 18.8 Å². The molecule has 0 bridgehead atoms. The van der Waals surface area contributed by atoms with Crippen LogP contribution < -0.4 is 14.8 Å². The number of hydrogen-bond donors (Lipinski definition) is 1. The SMILES string of the molecule is COc1ccc(CCNC(=O)C2CCCN(Cc3nc(-c4ccc(Br)cc4)no3)C2)cc1OC. The highest BCUT2D eigenvalue weighted by atomic mass is 79.9. The van der Waals surface area contributed by atoms with E-state index in [1.807, 2.05) is 42.5 Å². The molecule has 2 aromatic carbocycles. The number of benzene rings is 2. The molecule has 9 heteroatoms. The molecule has 2 heterocycles. The number of aromatic nitrogens is 2. The van der Waals surface area contributed by atoms with Crippen LogP contribution in [-0.4, -0.2) is 54.8 Å². The summed E-state index contributed by atoms with van der Waals surface area (Å²) in [6.45, 7) is 2.70. The monoisotopic (exact) mass is 528 g/mol. The largest absolute Gasteiger partial charge is 0.493 e. The highest BCUT2D eigenvalue weighted by Crippen LogP contribution is 2.27. The van der Waals surface area contributed by atoms with E-state index in [9.17, 15) is 4.79 Å². The molecular weight excluding hydrogens is 500 g/mol. The van der Waals surface area contributed by atoms with E-state index in [0.29, 0.717) is 42.8 Å². The van der Waals surface area contributed by atoms with Gasteiger partial charge in [0.15, 0.2) is 11.5 Å². The molecular formula is C25H29BrN4O4. The fourth-order valence-corrected chi connectivity index (χ4v) is 4.41. The minimum Gasteiger partial charge on any atom is -0.493 e. The lowest BCUT2D eigenvalue weighted by molar-refractivity contribution is -0.126. The fourth-order valence-electron chi connectivity index (χ4n) is 4.15. The smallest absolute Gasteiger partial charge is 0.241 e. The van der Waals surface area contributed by atoms with E-state index in [2.05, 4.69) is 36.3 Å². The number of nitrogens with one attached hydrogen (secondary N) is 1. The maximum absolute atomic E-state index is 12.8. The highest BCUT2D eigenvalue weighted by Gasteiger charge is 2.26. The molecule has 1 unspecified atom stereocenters. The second-order valence-electron chi connectivity index (χ2n) is 8.32. The van der Waals surface area contributed by atoms with Crippen LogP contribution in [0.5, 0.6) is 11.5 Å². The van der Waals surface area contributed by atoms with Crippen LogP contribution in [0.25, 0.3) is 11.4 Å². The molecule has 1 saturated heterocycles. The molecule has 1 amide bonds. The molecule has 1 aliphatic heterocycles. The highest BCUT2D eigenvalue weighted by molar-refractivity contribution is 9.10. The lowest BCUT2D eigenvalue weighted by atomic mass is 9.97. The van der Waals surface area contributed by atoms with Crippen LogP contribution in [0.1, 0.15) is 24.3 Å². The Morgan fingerprint density at radius 2 is 1.97 bits per heavy atom. The number of methoxy groups -OCH3 is 2. The van der Waals surface area contributed by atoms with Gasteiger partial charge in [-0.3, -0.25) is 9.69 Å². The van der Waals surface area contributed by atoms with Crippen LogP contribution in [-0.2, 0) is 17.8 Å². The first kappa shape index (κ1) is 24.2. The molecule has 0 spiro atoms. The molecule has 4 rings (SSSR count). The lowest BCUT2D eigenvalue weighted by Gasteiger charge is -2.30. The van der Waals surface area contributed by atoms with Crippen molar-refractivity contribution in [2.45, 2.75) is 25.8 Å². The van der Waals surface area contributed by atoms with E-state index in [0.717, 1.165) is 41.4 Å². The maximum Gasteiger partial charge on any atom is 0.241 e. The molecule has 3 aromatic rings. The van der Waals surface area contributed by atoms with Crippen LogP contribution in [0.15, 0.2) is 51.5 Å². The zero-order chi connectivity index (χ0) is 23.9. The van der Waals surface area contributed by atoms with Crippen LogP contribution in [0.2, 0.25) is 0 Å². The molecule has 8 nitrogen and oxygen atoms in total. The minimum absolute atomic E-state index is 0.0481. The molecule has 1 aromatic heterocycles. The van der Waals surface area contributed by atoms with Crippen molar-refractivity contribution in [3.63, 3.8) is 0 Å². The molecule has 1 N–H and O–H groups in total. The topological polar surface area (TPSA) is 89.7 Å². The van der Waals surface area contributed by atoms with Gasteiger partial charge in [0, 0.05) is 23.1 Å². The number of carbonyl (C=O) groups excluding carboxylic acids is 1. The van der Waals surface area contributed by atoms with Gasteiger partial charge in [0.25, 0.3) is 0 Å². The zero-order valence-electron chi connectivity index (χ0n) is 19.4. The Bertz CT molecular complexity index is 1100. The van der Waals surface area contributed by atoms with Crippen molar-refractivity contribution in [3.8, 4) is 22.9 Å². The van der Waals surface area contributed by atoms with Gasteiger partial charge in [-0.1, -0.05) is 27.2 Å². The molecule has 34 heavy (non-hydrogen) atoms. The molecule has 1 aliphatic rings. The summed E-state index contributed by atoms with van der Waals surface area (Å²) in [4.78, 5) is 19.5. The summed E-state index contributed by atoms with van der Waals surface area (Å²) in [5.41, 5.74) is 1.99. The molecule has 0 radical (unpaired) electrons. The summed E-state index contributed by atoms with van der Waals surface area (Å²) in [5.74, 6) is 2.57. The Balaban J connectivity index is 1.26. The first-order chi connectivity index (χ1) is 16.6. The third kappa shape index (κ3) is 6.15. The standard InChI is InChI=1S/C25H29BrN4O4/c1-32-21-10-5-17(14-22(21)33-2)11-12-27-25(31)19-4-3-13-30(15-19)16-23-28-24(29-34-23)18-6-8-20(26)9-7-18/h5-10,14,19H,3-4,11-13,15-16H2,1-2H3,(H,27,31). The van der Waals surface area contributed by atoms with Crippen molar-refractivity contribution in [1.82, 2.24) is 20.4 Å². The van der Waals surface area contributed by atoms with Crippen molar-refractivity contribution in [3.05, 3.63) is 58.4 Å². The third-order valence-corrected chi connectivity index (χ3v) is 6.50. The number of halogens is 1. The number of rotatable bonds is 9. The van der Waals surface area contributed by atoms with E-state index in [1.165, 1.54) is 0 Å². The van der Waals surface area contributed by atoms with Gasteiger partial charge in [-0.25, -0.2) is 0 Å². The first-order valence-corrected chi connectivity index (χ1v) is 12.1. The van der Waals surface area contributed by atoms with Gasteiger partial charge in [-0.05, 0) is 67.8 Å². The lowest BCUT2D eigenvalue weighted by Crippen LogP contribution is -2.43. The summed E-state index contributed by atoms with van der Waals surface area (Å²) < 4.78 is 17.1. The second-order valence-corrected chi connectivity index (χ2v) is 9.24. The molecule has 1 fully saturated rings. The normalized spacial score (nSPS) is 16.3. The fraction of sp³-hybridized carbons (Fsp3) is 0.400. The second kappa shape index (κ2) is 11.5. The summed E-state index contributed by atoms with van der Waals surface area (Å²) in [7, 11) is 3.24. The Morgan fingerprint density at radius 1 is 1.18 bits per heavy atom. The molecule has 0 aliphatic carbocycles. The van der Waals surface area contributed by atoms with Gasteiger partial charge < -0.3 is 19.3 Å². The number of ether oxygens (including phenoxy) is 2. The van der Waals surface area contributed by atoms with Gasteiger partial charge in [0.2, 0.25) is 17.6 Å². The Hall–Kier alpha value is -2.91. The van der Waals surface area contributed by atoms with Gasteiger partial charge in [-0.2, -0.15) is 4.98 Å². The van der Waals surface area contributed by atoms with Crippen LogP contribution in [0.3, 0.4) is 0 Å². The van der Waals surface area contributed by atoms with E-state index < -0.39 is 0 Å². The number of piperidine rings is 1. The summed E-state index contributed by atoms with van der Waals surface area (Å²) in [5, 5.41) is 7.19. The predicted octanol–water partition coefficient (Wildman–Crippen LogP) is 4.09. The molecule has 1 atom stereocenters. The average Bonchev–Trinajstić information content (AvgIpc) is 3.32. The number of nitrogens with zero attached hydrogens (tertiary/aromatic N) is 3. The van der Waals surface area contributed by atoms with Crippen LogP contribution >= 0.6 is 15.9 Å². The molecule has 180 valence electrons. The van der Waals surface area contributed by atoms with Gasteiger partial charge in [0.1, 0.15) is 0 Å². The number of amides is 1. The van der Waals surface area contributed by atoms with Gasteiger partial charge in [0.05, 0.1) is 26.7 Å². The van der Waals surface area contributed by atoms with Crippen LogP contribution in [0, 0.1) is 5.92 Å². The Labute approximate surface area is 207 Å². The average molecular weight is 529 g/mol. The van der Waals surface area contributed by atoms with Crippen molar-refractivity contribution in [2.24, 2.45) is 5.92 Å². The quantitative estimate of drug-likeness (QED) is 0.447. The maximum atomic E-state index is 12.8. The Kier molecular flexibility index (Phi) is 8.18. The van der Waals surface area contributed by atoms with Crippen molar-refractivity contribution in [1.29, 1.82) is 0 Å². The van der Waals surface area contributed by atoms with E-state index >= 15 is 0 Å². The van der Waals surface area contributed by atoms with Crippen LogP contribution in [0.4, 0.5) is 0 Å². The van der Waals surface area contributed by atoms with Crippen molar-refractivity contribution >= 4 is 21.8 Å². The number of carbonyl (C=O) groups is 1. The zero-order valence-corrected chi connectivity index (χ0v) is 21.0. The van der Waals surface area contributed by atoms with E-state index in [-0.39, 0.29) is 11.8 Å². The summed E-state index contributed by atoms with van der Waals surface area (Å²) in [6, 6.07) is 13.6. The number of likely N-dealkylation sites (tertiary alicyclic amines) is 1.